The van der Waals surface area contributed by atoms with E-state index in [1.165, 1.54) is 28.7 Å². The highest BCUT2D eigenvalue weighted by Gasteiger charge is 2.12. The Bertz CT molecular complexity index is 370. The first-order valence-corrected chi connectivity index (χ1v) is 6.44. The van der Waals surface area contributed by atoms with E-state index in [2.05, 4.69) is 54.5 Å². The van der Waals surface area contributed by atoms with Crippen molar-refractivity contribution >= 4 is 0 Å². The van der Waals surface area contributed by atoms with Crippen LogP contribution in [-0.2, 0) is 6.42 Å². The van der Waals surface area contributed by atoms with Crippen LogP contribution in [0.25, 0.3) is 0 Å². The van der Waals surface area contributed by atoms with Gasteiger partial charge in [-0.05, 0) is 66.8 Å². The van der Waals surface area contributed by atoms with Crippen molar-refractivity contribution in [1.29, 1.82) is 0 Å². The van der Waals surface area contributed by atoms with Crippen molar-refractivity contribution < 1.29 is 0 Å². The van der Waals surface area contributed by atoms with Crippen molar-refractivity contribution in [2.75, 3.05) is 0 Å². The van der Waals surface area contributed by atoms with Crippen molar-refractivity contribution in [3.8, 4) is 0 Å². The average molecular weight is 218 g/mol. The van der Waals surface area contributed by atoms with Gasteiger partial charge in [-0.2, -0.15) is 0 Å². The summed E-state index contributed by atoms with van der Waals surface area (Å²) < 4.78 is 0. The molecule has 90 valence electrons. The molecular weight excluding hydrogens is 192 g/mol. The third-order valence-electron chi connectivity index (χ3n) is 3.53. The first-order chi connectivity index (χ1) is 7.34. The Balaban J connectivity index is 3.28. The van der Waals surface area contributed by atoms with Gasteiger partial charge < -0.3 is 0 Å². The Labute approximate surface area is 101 Å². The number of hydrogen-bond donors (Lipinski definition) is 0. The Morgan fingerprint density at radius 2 is 1.50 bits per heavy atom. The zero-order valence-corrected chi connectivity index (χ0v) is 11.9. The monoisotopic (exact) mass is 218 g/mol. The lowest BCUT2D eigenvalue weighted by Crippen LogP contribution is -2.05. The molecule has 0 fully saturated rings. The van der Waals surface area contributed by atoms with E-state index in [-0.39, 0.29) is 0 Å². The van der Waals surface area contributed by atoms with Gasteiger partial charge in [0.2, 0.25) is 0 Å². The van der Waals surface area contributed by atoms with Crippen molar-refractivity contribution in [3.05, 3.63) is 33.9 Å². The van der Waals surface area contributed by atoms with Gasteiger partial charge in [0.25, 0.3) is 0 Å². The van der Waals surface area contributed by atoms with Crippen LogP contribution in [0.1, 0.15) is 61.4 Å². The molecule has 0 aliphatic carbocycles. The predicted octanol–water partition coefficient (Wildman–Crippen LogP) is 4.93. The van der Waals surface area contributed by atoms with Gasteiger partial charge in [-0.15, -0.1) is 0 Å². The van der Waals surface area contributed by atoms with Crippen LogP contribution in [0.2, 0.25) is 0 Å². The summed E-state index contributed by atoms with van der Waals surface area (Å²) in [6.45, 7) is 16.0. The highest BCUT2D eigenvalue weighted by atomic mass is 14.2. The summed E-state index contributed by atoms with van der Waals surface area (Å²) in [7, 11) is 0. The number of aryl methyl sites for hydroxylation is 1. The topological polar surface area (TPSA) is 0 Å². The summed E-state index contributed by atoms with van der Waals surface area (Å²) in [5.74, 6) is 1.37. The van der Waals surface area contributed by atoms with E-state index in [4.69, 9.17) is 0 Å². The summed E-state index contributed by atoms with van der Waals surface area (Å²) in [4.78, 5) is 0. The smallest absolute Gasteiger partial charge is 0.0216 e. The molecule has 0 aliphatic rings. The van der Waals surface area contributed by atoms with Crippen LogP contribution in [-0.4, -0.2) is 0 Å². The quantitative estimate of drug-likeness (QED) is 0.674. The second-order valence-electron chi connectivity index (χ2n) is 5.76. The van der Waals surface area contributed by atoms with Crippen molar-refractivity contribution in [2.24, 2.45) is 5.92 Å². The van der Waals surface area contributed by atoms with Crippen LogP contribution in [0, 0.1) is 26.7 Å². The van der Waals surface area contributed by atoms with Gasteiger partial charge in [-0.25, -0.2) is 0 Å². The fraction of sp³-hybridized carbons (Fsp3) is 0.625. The predicted molar refractivity (Wildman–Crippen MR) is 73.3 cm³/mol. The lowest BCUT2D eigenvalue weighted by molar-refractivity contribution is 0.641. The first kappa shape index (κ1) is 13.3. The van der Waals surface area contributed by atoms with Gasteiger partial charge in [0.15, 0.2) is 0 Å². The molecule has 16 heavy (non-hydrogen) atoms. The summed E-state index contributed by atoms with van der Waals surface area (Å²) in [5, 5.41) is 0. The maximum atomic E-state index is 2.39. The average Bonchev–Trinajstić information content (AvgIpc) is 2.17. The van der Waals surface area contributed by atoms with Crippen molar-refractivity contribution in [2.45, 2.75) is 60.8 Å². The molecule has 0 saturated carbocycles. The first-order valence-electron chi connectivity index (χ1n) is 6.44. The van der Waals surface area contributed by atoms with E-state index in [9.17, 15) is 0 Å². The molecular formula is C16H26. The number of benzene rings is 1. The molecule has 0 aliphatic heterocycles. The number of rotatable bonds is 3. The van der Waals surface area contributed by atoms with E-state index in [0.717, 1.165) is 5.92 Å². The van der Waals surface area contributed by atoms with Gasteiger partial charge in [0.05, 0.1) is 0 Å². The van der Waals surface area contributed by atoms with Gasteiger partial charge in [0, 0.05) is 0 Å². The minimum Gasteiger partial charge on any atom is -0.0625 e. The lowest BCUT2D eigenvalue weighted by atomic mass is 9.86. The third-order valence-corrected chi connectivity index (χ3v) is 3.53. The minimum absolute atomic E-state index is 0.630. The SMILES string of the molecule is Cc1cc(C(C)C)c(C)c(C)c1CC(C)C. The molecule has 0 saturated heterocycles. The molecule has 0 unspecified atom stereocenters. The van der Waals surface area contributed by atoms with Crippen LogP contribution in [0.4, 0.5) is 0 Å². The van der Waals surface area contributed by atoms with Gasteiger partial charge >= 0.3 is 0 Å². The van der Waals surface area contributed by atoms with E-state index in [1.54, 1.807) is 5.56 Å². The normalized spacial score (nSPS) is 11.6. The molecule has 0 radical (unpaired) electrons. The third kappa shape index (κ3) is 2.66. The molecule has 0 bridgehead atoms. The maximum absolute atomic E-state index is 2.39. The summed E-state index contributed by atoms with van der Waals surface area (Å²) >= 11 is 0. The Hall–Kier alpha value is -0.780. The fourth-order valence-corrected chi connectivity index (χ4v) is 2.49. The van der Waals surface area contributed by atoms with Crippen LogP contribution >= 0.6 is 0 Å². The highest BCUT2D eigenvalue weighted by Crippen LogP contribution is 2.28. The van der Waals surface area contributed by atoms with Crippen LogP contribution in [0.15, 0.2) is 6.07 Å². The van der Waals surface area contributed by atoms with Crippen LogP contribution in [0.3, 0.4) is 0 Å². The largest absolute Gasteiger partial charge is 0.0625 e. The second-order valence-corrected chi connectivity index (χ2v) is 5.76. The fourth-order valence-electron chi connectivity index (χ4n) is 2.49. The molecule has 0 nitrogen and oxygen atoms in total. The molecule has 1 aromatic carbocycles. The van der Waals surface area contributed by atoms with Crippen LogP contribution < -0.4 is 0 Å². The van der Waals surface area contributed by atoms with E-state index < -0.39 is 0 Å². The molecule has 0 heteroatoms. The zero-order valence-electron chi connectivity index (χ0n) is 11.9. The van der Waals surface area contributed by atoms with E-state index in [1.807, 2.05) is 0 Å². The van der Waals surface area contributed by atoms with Gasteiger partial charge in [-0.3, -0.25) is 0 Å². The molecule has 0 atom stereocenters. The Kier molecular flexibility index (Phi) is 4.18. The molecule has 0 heterocycles. The molecule has 1 rings (SSSR count). The molecule has 0 N–H and O–H groups in total. The van der Waals surface area contributed by atoms with Crippen molar-refractivity contribution in [3.63, 3.8) is 0 Å². The maximum Gasteiger partial charge on any atom is -0.0216 e. The lowest BCUT2D eigenvalue weighted by Gasteiger charge is -2.20. The second kappa shape index (κ2) is 5.03. The number of hydrogen-bond acceptors (Lipinski definition) is 0. The van der Waals surface area contributed by atoms with Gasteiger partial charge in [-0.1, -0.05) is 33.8 Å². The van der Waals surface area contributed by atoms with Crippen LogP contribution in [0.5, 0.6) is 0 Å². The summed E-state index contributed by atoms with van der Waals surface area (Å²) in [6, 6.07) is 2.39. The van der Waals surface area contributed by atoms with Gasteiger partial charge in [0.1, 0.15) is 0 Å². The van der Waals surface area contributed by atoms with E-state index >= 15 is 0 Å². The standard InChI is InChI=1S/C16H26/c1-10(2)8-16-12(5)9-15(11(3)4)13(6)14(16)7/h9-11H,8H2,1-7H3. The molecule has 0 aromatic heterocycles. The Morgan fingerprint density at radius 1 is 0.938 bits per heavy atom. The minimum atomic E-state index is 0.630. The zero-order chi connectivity index (χ0) is 12.5. The molecule has 0 amide bonds. The highest BCUT2D eigenvalue weighted by molar-refractivity contribution is 5.45. The summed E-state index contributed by atoms with van der Waals surface area (Å²) in [5.41, 5.74) is 7.56. The van der Waals surface area contributed by atoms with E-state index in [0.29, 0.717) is 5.92 Å². The van der Waals surface area contributed by atoms with Crippen molar-refractivity contribution in [1.82, 2.24) is 0 Å². The summed E-state index contributed by atoms with van der Waals surface area (Å²) in [6.07, 6.45) is 1.21. The Morgan fingerprint density at radius 3 is 1.94 bits per heavy atom. The molecule has 0 spiro atoms. The molecule has 1 aromatic rings.